The van der Waals surface area contributed by atoms with Crippen molar-refractivity contribution < 1.29 is 19.1 Å². The van der Waals surface area contributed by atoms with Crippen LogP contribution < -0.4 is 14.8 Å². The molecule has 0 saturated carbocycles. The van der Waals surface area contributed by atoms with Gasteiger partial charge in [0.15, 0.2) is 0 Å². The largest absolute Gasteiger partial charge is 0.423 e. The molecule has 1 aromatic heterocycles. The van der Waals surface area contributed by atoms with Gasteiger partial charge in [-0.15, -0.1) is 0 Å². The number of fused-ring (bicyclic) bond motifs is 6. The zero-order valence-electron chi connectivity index (χ0n) is 24.1. The summed E-state index contributed by atoms with van der Waals surface area (Å²) in [6, 6.07) is 26.3. The van der Waals surface area contributed by atoms with Gasteiger partial charge in [0, 0.05) is 48.2 Å². The van der Waals surface area contributed by atoms with Crippen LogP contribution in [0.15, 0.2) is 91.0 Å². The molecule has 3 aliphatic heterocycles. The molecule has 2 bridgehead atoms. The number of hydrogen-bond acceptors (Lipinski definition) is 7. The summed E-state index contributed by atoms with van der Waals surface area (Å²) in [6.07, 6.45) is 6.94. The number of anilines is 2. The standard InChI is InChI=1S/C36H30N4O4/c41-35-36(42)44-33-26-15-14-25-19-23(21-39-17-7-2-8-18-39)13-16-28(25)37-30(26)20-32(43-35)27(33)22-40-31-12-6-5-11-29(31)38-34(40)24-9-3-1-4-10-24/h1-7,9-13,16,19-20,37H,8,14-15,17-18,21-22H2. The number of carbonyl (C=O) groups is 2. The van der Waals surface area contributed by atoms with Crippen LogP contribution in [0.5, 0.6) is 11.5 Å². The van der Waals surface area contributed by atoms with Crippen molar-refractivity contribution in [3.8, 4) is 22.9 Å². The lowest BCUT2D eigenvalue weighted by Gasteiger charge is -2.23. The second-order valence-electron chi connectivity index (χ2n) is 11.5. The van der Waals surface area contributed by atoms with E-state index in [1.165, 1.54) is 11.1 Å². The first kappa shape index (κ1) is 26.4. The molecule has 1 N–H and O–H groups in total. The molecule has 44 heavy (non-hydrogen) atoms. The molecule has 218 valence electrons. The number of aromatic nitrogens is 2. The predicted molar refractivity (Wildman–Crippen MR) is 168 cm³/mol. The summed E-state index contributed by atoms with van der Waals surface area (Å²) in [4.78, 5) is 32.8. The molecule has 0 aliphatic carbocycles. The number of carbonyl (C=O) groups excluding carboxylic acids is 2. The second kappa shape index (κ2) is 10.8. The van der Waals surface area contributed by atoms with Crippen LogP contribution in [-0.2, 0) is 35.5 Å². The fourth-order valence-electron chi connectivity index (χ4n) is 6.49. The molecule has 0 saturated heterocycles. The Morgan fingerprint density at radius 3 is 2.52 bits per heavy atom. The monoisotopic (exact) mass is 582 g/mol. The Morgan fingerprint density at radius 2 is 1.66 bits per heavy atom. The van der Waals surface area contributed by atoms with Crippen molar-refractivity contribution in [3.05, 3.63) is 113 Å². The normalized spacial score (nSPS) is 15.9. The number of ether oxygens (including phenoxy) is 2. The van der Waals surface area contributed by atoms with Crippen LogP contribution >= 0.6 is 0 Å². The van der Waals surface area contributed by atoms with Crippen molar-refractivity contribution in [2.24, 2.45) is 0 Å². The van der Waals surface area contributed by atoms with Gasteiger partial charge < -0.3 is 19.4 Å². The van der Waals surface area contributed by atoms with Gasteiger partial charge in [-0.05, 0) is 48.6 Å². The Labute approximate surface area is 254 Å². The second-order valence-corrected chi connectivity index (χ2v) is 11.5. The molecule has 4 aromatic carbocycles. The van der Waals surface area contributed by atoms with Gasteiger partial charge in [0.25, 0.3) is 0 Å². The molecule has 0 atom stereocenters. The highest BCUT2D eigenvalue weighted by Crippen LogP contribution is 2.45. The highest BCUT2D eigenvalue weighted by Gasteiger charge is 2.33. The zero-order valence-corrected chi connectivity index (χ0v) is 24.1. The van der Waals surface area contributed by atoms with E-state index in [9.17, 15) is 9.59 Å². The van der Waals surface area contributed by atoms with Gasteiger partial charge in [-0.3, -0.25) is 4.90 Å². The Morgan fingerprint density at radius 1 is 0.818 bits per heavy atom. The molecule has 8 nitrogen and oxygen atoms in total. The zero-order chi connectivity index (χ0) is 29.6. The summed E-state index contributed by atoms with van der Waals surface area (Å²) in [5.41, 5.74) is 8.46. The third kappa shape index (κ3) is 4.73. The van der Waals surface area contributed by atoms with Crippen molar-refractivity contribution >= 4 is 34.3 Å². The first-order valence-corrected chi connectivity index (χ1v) is 15.0. The number of rotatable bonds is 5. The topological polar surface area (TPSA) is 85.7 Å². The third-order valence-corrected chi connectivity index (χ3v) is 8.64. The van der Waals surface area contributed by atoms with Gasteiger partial charge in [0.05, 0.1) is 23.1 Å². The van der Waals surface area contributed by atoms with E-state index < -0.39 is 11.9 Å². The van der Waals surface area contributed by atoms with E-state index >= 15 is 0 Å². The molecule has 3 aliphatic rings. The van der Waals surface area contributed by atoms with Crippen molar-refractivity contribution in [1.82, 2.24) is 14.5 Å². The summed E-state index contributed by atoms with van der Waals surface area (Å²) in [6.45, 7) is 3.23. The molecule has 0 fully saturated rings. The molecular formula is C36H30N4O4. The van der Waals surface area contributed by atoms with Crippen LogP contribution in [0.2, 0.25) is 0 Å². The average Bonchev–Trinajstić information content (AvgIpc) is 3.27. The maximum atomic E-state index is 12.8. The number of imidazole rings is 1. The average molecular weight is 583 g/mol. The van der Waals surface area contributed by atoms with Gasteiger partial charge in [0.1, 0.15) is 17.3 Å². The summed E-state index contributed by atoms with van der Waals surface area (Å²) < 4.78 is 13.6. The SMILES string of the molecule is O=C1Oc2cc3c(c(c2Cn2c(-c4ccccc4)nc4ccccc42)OC1=O)CCc1cc(CN2CC=CCC2)ccc1N3. The van der Waals surface area contributed by atoms with Crippen LogP contribution in [0.25, 0.3) is 22.4 Å². The molecule has 0 spiro atoms. The van der Waals surface area contributed by atoms with E-state index in [0.717, 1.165) is 71.8 Å². The summed E-state index contributed by atoms with van der Waals surface area (Å²) in [5, 5.41) is 3.57. The van der Waals surface area contributed by atoms with E-state index in [1.54, 1.807) is 0 Å². The first-order chi connectivity index (χ1) is 21.6. The lowest BCUT2D eigenvalue weighted by Crippen LogP contribution is -2.26. The maximum Gasteiger partial charge on any atom is 0.423 e. The van der Waals surface area contributed by atoms with Crippen molar-refractivity contribution in [1.29, 1.82) is 0 Å². The van der Waals surface area contributed by atoms with Crippen LogP contribution in [0, 0.1) is 0 Å². The minimum absolute atomic E-state index is 0.296. The van der Waals surface area contributed by atoms with Crippen LogP contribution in [0.1, 0.15) is 28.7 Å². The van der Waals surface area contributed by atoms with Gasteiger partial charge >= 0.3 is 11.9 Å². The van der Waals surface area contributed by atoms with Gasteiger partial charge in [-0.25, -0.2) is 14.6 Å². The smallest absolute Gasteiger partial charge is 0.417 e. The molecule has 0 amide bonds. The Balaban J connectivity index is 1.21. The van der Waals surface area contributed by atoms with E-state index in [2.05, 4.69) is 45.1 Å². The fourth-order valence-corrected chi connectivity index (χ4v) is 6.49. The highest BCUT2D eigenvalue weighted by molar-refractivity contribution is 6.31. The number of aryl methyl sites for hydroxylation is 1. The lowest BCUT2D eigenvalue weighted by atomic mass is 9.99. The van der Waals surface area contributed by atoms with Crippen molar-refractivity contribution in [3.63, 3.8) is 0 Å². The predicted octanol–water partition coefficient (Wildman–Crippen LogP) is 6.18. The molecule has 4 heterocycles. The minimum atomic E-state index is -1.03. The van der Waals surface area contributed by atoms with Gasteiger partial charge in [-0.1, -0.05) is 66.7 Å². The fraction of sp³-hybridized carbons (Fsp3) is 0.194. The Bertz CT molecular complexity index is 1980. The summed E-state index contributed by atoms with van der Waals surface area (Å²) in [5.74, 6) is -0.591. The Kier molecular flexibility index (Phi) is 6.49. The first-order valence-electron chi connectivity index (χ1n) is 15.0. The van der Waals surface area contributed by atoms with E-state index in [0.29, 0.717) is 30.0 Å². The number of benzene rings is 4. The van der Waals surface area contributed by atoms with Gasteiger partial charge in [0.2, 0.25) is 0 Å². The van der Waals surface area contributed by atoms with E-state index in [4.69, 9.17) is 14.5 Å². The molecule has 0 radical (unpaired) electrons. The molecule has 8 heteroatoms. The number of hydrogen-bond donors (Lipinski definition) is 1. The van der Waals surface area contributed by atoms with Crippen molar-refractivity contribution in [2.45, 2.75) is 32.4 Å². The number of nitrogens with one attached hydrogen (secondary N) is 1. The minimum Gasteiger partial charge on any atom is -0.417 e. The van der Waals surface area contributed by atoms with Gasteiger partial charge in [-0.2, -0.15) is 0 Å². The third-order valence-electron chi connectivity index (χ3n) is 8.64. The number of nitrogens with zero attached hydrogens (tertiary/aromatic N) is 3. The maximum absolute atomic E-state index is 12.8. The molecule has 0 unspecified atom stereocenters. The number of esters is 2. The van der Waals surface area contributed by atoms with Crippen molar-refractivity contribution in [2.75, 3.05) is 18.4 Å². The summed E-state index contributed by atoms with van der Waals surface area (Å²) in [7, 11) is 0. The van der Waals surface area contributed by atoms with E-state index in [1.807, 2.05) is 60.7 Å². The molecular weight excluding hydrogens is 552 g/mol. The quantitative estimate of drug-likeness (QED) is 0.115. The molecule has 8 rings (SSSR count). The Hall–Kier alpha value is -5.21. The van der Waals surface area contributed by atoms with Crippen LogP contribution in [-0.4, -0.2) is 39.5 Å². The van der Waals surface area contributed by atoms with E-state index in [-0.39, 0.29) is 0 Å². The molecule has 5 aromatic rings. The van der Waals surface area contributed by atoms with Crippen LogP contribution in [0.3, 0.4) is 0 Å². The number of para-hydroxylation sites is 2. The van der Waals surface area contributed by atoms with Crippen LogP contribution in [0.4, 0.5) is 11.4 Å². The lowest BCUT2D eigenvalue weighted by molar-refractivity contribution is -0.155. The summed E-state index contributed by atoms with van der Waals surface area (Å²) >= 11 is 0. The highest BCUT2D eigenvalue weighted by atomic mass is 16.6.